The van der Waals surface area contributed by atoms with Gasteiger partial charge < -0.3 is 10.6 Å². The maximum absolute atomic E-state index is 6.17. The second-order valence-electron chi connectivity index (χ2n) is 10.7. The maximum Gasteiger partial charge on any atom is 0.0409 e. The number of benzene rings is 4. The average molecular weight is 544 g/mol. The van der Waals surface area contributed by atoms with Gasteiger partial charge in [0, 0.05) is 39.9 Å². The Morgan fingerprint density at radius 1 is 0.605 bits per heavy atom. The van der Waals surface area contributed by atoms with Gasteiger partial charge in [-0.25, -0.2) is 0 Å². The van der Waals surface area contributed by atoms with Crippen molar-refractivity contribution in [2.45, 2.75) is 64.5 Å². The van der Waals surface area contributed by atoms with Crippen molar-refractivity contribution in [2.24, 2.45) is 0 Å². The van der Waals surface area contributed by atoms with Gasteiger partial charge in [0.25, 0.3) is 0 Å². The van der Waals surface area contributed by atoms with E-state index in [4.69, 9.17) is 23.2 Å². The van der Waals surface area contributed by atoms with Crippen molar-refractivity contribution in [3.05, 3.63) is 128 Å². The Morgan fingerprint density at radius 2 is 1.08 bits per heavy atom. The fraction of sp³-hybridized carbons (Fsp3) is 0.294. The third-order valence-electron chi connectivity index (χ3n) is 8.01. The third kappa shape index (κ3) is 6.03. The molecule has 4 heteroatoms. The molecule has 0 radical (unpaired) electrons. The average Bonchev–Trinajstić information content (AvgIpc) is 2.92. The normalized spacial score (nSPS) is 14.7. The van der Waals surface area contributed by atoms with E-state index in [0.717, 1.165) is 23.1 Å². The van der Waals surface area contributed by atoms with Crippen molar-refractivity contribution < 1.29 is 0 Å². The van der Waals surface area contributed by atoms with Crippen LogP contribution in [0.5, 0.6) is 0 Å². The summed E-state index contributed by atoms with van der Waals surface area (Å²) < 4.78 is 0. The zero-order valence-corrected chi connectivity index (χ0v) is 23.8. The first-order chi connectivity index (χ1) is 18.4. The predicted octanol–water partition coefficient (Wildman–Crippen LogP) is 10.1. The van der Waals surface area contributed by atoms with Crippen LogP contribution in [0.15, 0.2) is 84.9 Å². The van der Waals surface area contributed by atoms with Crippen LogP contribution in [-0.4, -0.2) is 0 Å². The lowest BCUT2D eigenvalue weighted by molar-refractivity contribution is 0.346. The van der Waals surface area contributed by atoms with E-state index >= 15 is 0 Å². The van der Waals surface area contributed by atoms with Crippen molar-refractivity contribution >= 4 is 34.6 Å². The molecule has 2 nitrogen and oxygen atoms in total. The summed E-state index contributed by atoms with van der Waals surface area (Å²) in [6.45, 7) is 5.95. The first kappa shape index (κ1) is 26.7. The molecule has 0 unspecified atom stereocenters. The van der Waals surface area contributed by atoms with Gasteiger partial charge in [-0.05, 0) is 96.5 Å². The summed E-state index contributed by atoms with van der Waals surface area (Å²) in [6.07, 6.45) is 6.23. The van der Waals surface area contributed by atoms with Gasteiger partial charge in [0.1, 0.15) is 0 Å². The van der Waals surface area contributed by atoms with Gasteiger partial charge in [0.15, 0.2) is 0 Å². The van der Waals surface area contributed by atoms with Crippen molar-refractivity contribution in [1.29, 1.82) is 0 Å². The molecule has 0 heterocycles. The van der Waals surface area contributed by atoms with Gasteiger partial charge in [-0.3, -0.25) is 0 Å². The summed E-state index contributed by atoms with van der Waals surface area (Å²) in [4.78, 5) is 0. The maximum atomic E-state index is 6.17. The Morgan fingerprint density at radius 3 is 1.50 bits per heavy atom. The smallest absolute Gasteiger partial charge is 0.0409 e. The highest BCUT2D eigenvalue weighted by molar-refractivity contribution is 6.30. The minimum Gasteiger partial charge on any atom is -0.381 e. The van der Waals surface area contributed by atoms with Crippen LogP contribution in [0.2, 0.25) is 10.0 Å². The molecule has 0 aromatic heterocycles. The van der Waals surface area contributed by atoms with Crippen LogP contribution in [0, 0.1) is 13.8 Å². The number of rotatable bonds is 8. The number of hydrogen-bond acceptors (Lipinski definition) is 2. The van der Waals surface area contributed by atoms with Crippen LogP contribution < -0.4 is 10.6 Å². The van der Waals surface area contributed by atoms with E-state index in [1.54, 1.807) is 0 Å². The molecule has 1 aliphatic rings. The molecular weight excluding hydrogens is 507 g/mol. The summed E-state index contributed by atoms with van der Waals surface area (Å²) in [7, 11) is 0. The minimum absolute atomic E-state index is 0.0603. The summed E-state index contributed by atoms with van der Waals surface area (Å²) in [5.74, 6) is 0. The van der Waals surface area contributed by atoms with Crippen LogP contribution in [-0.2, 0) is 18.5 Å². The number of nitrogens with one attached hydrogen (secondary N) is 2. The highest BCUT2D eigenvalue weighted by atomic mass is 35.5. The molecule has 0 amide bonds. The minimum atomic E-state index is 0.0603. The molecule has 0 aliphatic heterocycles. The van der Waals surface area contributed by atoms with E-state index in [9.17, 15) is 0 Å². The second-order valence-corrected chi connectivity index (χ2v) is 11.5. The Balaban J connectivity index is 1.37. The molecule has 196 valence electrons. The van der Waals surface area contributed by atoms with E-state index in [1.165, 1.54) is 76.9 Å². The van der Waals surface area contributed by atoms with Crippen molar-refractivity contribution in [3.63, 3.8) is 0 Å². The van der Waals surface area contributed by atoms with Crippen molar-refractivity contribution in [2.75, 3.05) is 10.6 Å². The fourth-order valence-corrected chi connectivity index (χ4v) is 6.33. The summed E-state index contributed by atoms with van der Waals surface area (Å²) in [6, 6.07) is 30.1. The van der Waals surface area contributed by atoms with Gasteiger partial charge in [0.05, 0.1) is 0 Å². The van der Waals surface area contributed by atoms with Gasteiger partial charge in [-0.1, -0.05) is 91.0 Å². The van der Waals surface area contributed by atoms with E-state index in [0.29, 0.717) is 0 Å². The predicted molar refractivity (Wildman–Crippen MR) is 164 cm³/mol. The molecule has 1 saturated carbocycles. The summed E-state index contributed by atoms with van der Waals surface area (Å²) in [5, 5.41) is 8.77. The van der Waals surface area contributed by atoms with E-state index in [-0.39, 0.29) is 5.41 Å². The number of anilines is 2. The van der Waals surface area contributed by atoms with E-state index in [1.807, 2.05) is 36.4 Å². The van der Waals surface area contributed by atoms with Crippen LogP contribution in [0.4, 0.5) is 11.4 Å². The van der Waals surface area contributed by atoms with Gasteiger partial charge in [-0.15, -0.1) is 0 Å². The largest absolute Gasteiger partial charge is 0.381 e. The zero-order valence-electron chi connectivity index (χ0n) is 22.3. The summed E-state index contributed by atoms with van der Waals surface area (Å²) >= 11 is 12.3. The molecule has 0 atom stereocenters. The molecule has 38 heavy (non-hydrogen) atoms. The van der Waals surface area contributed by atoms with Crippen LogP contribution >= 0.6 is 23.2 Å². The lowest BCUT2D eigenvalue weighted by Crippen LogP contribution is -2.30. The van der Waals surface area contributed by atoms with Crippen LogP contribution in [0.1, 0.15) is 65.5 Å². The Hall–Kier alpha value is -2.94. The van der Waals surface area contributed by atoms with Crippen molar-refractivity contribution in [1.82, 2.24) is 0 Å². The lowest BCUT2D eigenvalue weighted by atomic mass is 9.65. The first-order valence-corrected chi connectivity index (χ1v) is 14.4. The highest BCUT2D eigenvalue weighted by Gasteiger charge is 2.36. The standard InChI is InChI=1S/C34H36Cl2N2/c1-24-18-28(12-14-32(24)37-22-26-8-6-10-30(35)20-26)34(16-4-3-5-17-34)29-13-15-33(25(2)19-29)38-23-27-9-7-11-31(36)21-27/h6-15,18-21,37-38H,3-5,16-17,22-23H2,1-2H3. The van der Waals surface area contributed by atoms with E-state index in [2.05, 4.69) is 73.0 Å². The molecule has 0 saturated heterocycles. The molecule has 2 N–H and O–H groups in total. The van der Waals surface area contributed by atoms with E-state index < -0.39 is 0 Å². The van der Waals surface area contributed by atoms with Crippen LogP contribution in [0.25, 0.3) is 0 Å². The van der Waals surface area contributed by atoms with Crippen LogP contribution in [0.3, 0.4) is 0 Å². The number of aryl methyl sites for hydroxylation is 2. The molecule has 0 bridgehead atoms. The number of halogens is 2. The zero-order chi connectivity index (χ0) is 26.5. The lowest BCUT2D eigenvalue weighted by Gasteiger charge is -2.39. The molecular formula is C34H36Cl2N2. The second kappa shape index (κ2) is 11.8. The Kier molecular flexibility index (Phi) is 8.31. The number of hydrogen-bond donors (Lipinski definition) is 2. The topological polar surface area (TPSA) is 24.1 Å². The van der Waals surface area contributed by atoms with Gasteiger partial charge in [0.2, 0.25) is 0 Å². The van der Waals surface area contributed by atoms with Gasteiger partial charge >= 0.3 is 0 Å². The molecule has 1 fully saturated rings. The molecule has 0 spiro atoms. The summed E-state index contributed by atoms with van der Waals surface area (Å²) in [5.41, 5.74) is 10.2. The van der Waals surface area contributed by atoms with Gasteiger partial charge in [-0.2, -0.15) is 0 Å². The fourth-order valence-electron chi connectivity index (χ4n) is 5.91. The first-order valence-electron chi connectivity index (χ1n) is 13.6. The van der Waals surface area contributed by atoms with Crippen molar-refractivity contribution in [3.8, 4) is 0 Å². The Labute approximate surface area is 237 Å². The quantitative estimate of drug-likeness (QED) is 0.231. The SMILES string of the molecule is Cc1cc(C2(c3ccc(NCc4cccc(Cl)c4)c(C)c3)CCCCC2)ccc1NCc1cccc(Cl)c1. The highest BCUT2D eigenvalue weighted by Crippen LogP contribution is 2.46. The third-order valence-corrected chi connectivity index (χ3v) is 8.48. The Bertz CT molecular complexity index is 1300. The molecule has 1 aliphatic carbocycles. The monoisotopic (exact) mass is 542 g/mol. The molecule has 5 rings (SSSR count). The molecule has 4 aromatic carbocycles. The molecule has 4 aromatic rings.